The number of nitrogens with one attached hydrogen (secondary N) is 1. The van der Waals surface area contributed by atoms with Crippen molar-refractivity contribution in [3.8, 4) is 11.4 Å². The van der Waals surface area contributed by atoms with Crippen LogP contribution >= 0.6 is 11.8 Å². The molecular weight excluding hydrogens is 322 g/mol. The molecule has 0 bridgehead atoms. The Kier molecular flexibility index (Phi) is 4.90. The van der Waals surface area contributed by atoms with Gasteiger partial charge >= 0.3 is 0 Å². The second-order valence-electron chi connectivity index (χ2n) is 5.29. The highest BCUT2D eigenvalue weighted by molar-refractivity contribution is 7.98. The van der Waals surface area contributed by atoms with Gasteiger partial charge in [0.1, 0.15) is 6.54 Å². The van der Waals surface area contributed by atoms with Crippen molar-refractivity contribution in [2.45, 2.75) is 18.4 Å². The third-order valence-electron chi connectivity index (χ3n) is 3.40. The summed E-state index contributed by atoms with van der Waals surface area (Å²) in [5.41, 5.74) is 2.80. The van der Waals surface area contributed by atoms with Gasteiger partial charge in [-0.25, -0.2) is 0 Å². The number of amides is 1. The number of tetrazole rings is 1. The first-order valence-electron chi connectivity index (χ1n) is 7.43. The normalized spacial score (nSPS) is 10.6. The number of hydrogen-bond donors (Lipinski definition) is 1. The van der Waals surface area contributed by atoms with Gasteiger partial charge in [-0.3, -0.25) is 4.79 Å². The van der Waals surface area contributed by atoms with Gasteiger partial charge in [0.05, 0.1) is 0 Å². The fourth-order valence-electron chi connectivity index (χ4n) is 2.16. The van der Waals surface area contributed by atoms with Gasteiger partial charge in [0, 0.05) is 16.1 Å². The molecule has 0 atom stereocenters. The molecule has 0 aliphatic rings. The maximum absolute atomic E-state index is 12.1. The van der Waals surface area contributed by atoms with Crippen LogP contribution in [0.3, 0.4) is 0 Å². The van der Waals surface area contributed by atoms with Crippen molar-refractivity contribution in [3.63, 3.8) is 0 Å². The van der Waals surface area contributed by atoms with Gasteiger partial charge in [0.25, 0.3) is 0 Å². The fourth-order valence-corrected chi connectivity index (χ4v) is 2.62. The molecule has 0 aliphatic carbocycles. The summed E-state index contributed by atoms with van der Waals surface area (Å²) < 4.78 is 0. The van der Waals surface area contributed by atoms with Crippen molar-refractivity contribution in [2.75, 3.05) is 11.6 Å². The lowest BCUT2D eigenvalue weighted by Gasteiger charge is -2.05. The maximum Gasteiger partial charge on any atom is 0.248 e. The second-order valence-corrected chi connectivity index (χ2v) is 6.17. The molecule has 0 saturated heterocycles. The van der Waals surface area contributed by atoms with Gasteiger partial charge in [0.15, 0.2) is 0 Å². The van der Waals surface area contributed by atoms with E-state index >= 15 is 0 Å². The largest absolute Gasteiger partial charge is 0.324 e. The van der Waals surface area contributed by atoms with E-state index in [1.165, 1.54) is 4.80 Å². The van der Waals surface area contributed by atoms with E-state index in [1.54, 1.807) is 11.8 Å². The Bertz CT molecular complexity index is 844. The lowest BCUT2D eigenvalue weighted by Crippen LogP contribution is -2.20. The summed E-state index contributed by atoms with van der Waals surface area (Å²) in [7, 11) is 0. The smallest absolute Gasteiger partial charge is 0.248 e. The first-order valence-corrected chi connectivity index (χ1v) is 8.65. The second kappa shape index (κ2) is 7.27. The van der Waals surface area contributed by atoms with E-state index in [0.717, 1.165) is 21.7 Å². The molecule has 3 rings (SSSR count). The monoisotopic (exact) mass is 339 g/mol. The molecule has 0 radical (unpaired) electrons. The van der Waals surface area contributed by atoms with Gasteiger partial charge in [-0.05, 0) is 36.6 Å². The van der Waals surface area contributed by atoms with E-state index in [9.17, 15) is 4.79 Å². The minimum absolute atomic E-state index is 0.0162. The zero-order valence-electron chi connectivity index (χ0n) is 13.4. The Balaban J connectivity index is 1.65. The summed E-state index contributed by atoms with van der Waals surface area (Å²) in [6.07, 6.45) is 1.99. The van der Waals surface area contributed by atoms with E-state index in [4.69, 9.17) is 0 Å². The number of carbonyl (C=O) groups excluding carboxylic acids is 1. The van der Waals surface area contributed by atoms with Crippen molar-refractivity contribution in [1.82, 2.24) is 20.2 Å². The first-order chi connectivity index (χ1) is 11.6. The number of aryl methyl sites for hydroxylation is 1. The molecule has 0 fully saturated rings. The molecule has 1 amide bonds. The highest BCUT2D eigenvalue weighted by atomic mass is 32.2. The van der Waals surface area contributed by atoms with Crippen molar-refractivity contribution in [2.24, 2.45) is 0 Å². The van der Waals surface area contributed by atoms with Crippen LogP contribution < -0.4 is 5.32 Å². The Hall–Kier alpha value is -2.67. The molecule has 0 aliphatic heterocycles. The quantitative estimate of drug-likeness (QED) is 0.724. The number of aromatic nitrogens is 4. The molecule has 0 saturated carbocycles. The number of hydrogen-bond acceptors (Lipinski definition) is 5. The standard InChI is InChI=1S/C17H17N5OS/c1-12-6-8-13(9-7-12)17-19-21-22(20-17)11-16(23)18-14-4-3-5-15(10-14)24-2/h3-10H,11H2,1-2H3,(H,18,23). The Morgan fingerprint density at radius 3 is 2.75 bits per heavy atom. The predicted octanol–water partition coefficient (Wildman–Crippen LogP) is 3.01. The van der Waals surface area contributed by atoms with E-state index < -0.39 is 0 Å². The van der Waals surface area contributed by atoms with E-state index in [0.29, 0.717) is 5.82 Å². The van der Waals surface area contributed by atoms with Crippen LogP contribution in [-0.2, 0) is 11.3 Å². The summed E-state index contributed by atoms with van der Waals surface area (Å²) in [6, 6.07) is 15.5. The third-order valence-corrected chi connectivity index (χ3v) is 4.13. The van der Waals surface area contributed by atoms with Gasteiger partial charge in [-0.1, -0.05) is 35.9 Å². The summed E-state index contributed by atoms with van der Waals surface area (Å²) in [5, 5.41) is 15.0. The average Bonchev–Trinajstić information content (AvgIpc) is 3.04. The SMILES string of the molecule is CSc1cccc(NC(=O)Cn2nnc(-c3ccc(C)cc3)n2)c1. The van der Waals surface area contributed by atoms with Gasteiger partial charge in [-0.2, -0.15) is 4.80 Å². The van der Waals surface area contributed by atoms with Crippen LogP contribution in [0.1, 0.15) is 5.56 Å². The van der Waals surface area contributed by atoms with Crippen molar-refractivity contribution >= 4 is 23.4 Å². The lowest BCUT2D eigenvalue weighted by molar-refractivity contribution is -0.117. The Morgan fingerprint density at radius 2 is 2.00 bits per heavy atom. The molecule has 2 aromatic carbocycles. The molecule has 0 unspecified atom stereocenters. The lowest BCUT2D eigenvalue weighted by atomic mass is 10.1. The summed E-state index contributed by atoms with van der Waals surface area (Å²) in [6.45, 7) is 2.03. The summed E-state index contributed by atoms with van der Waals surface area (Å²) in [4.78, 5) is 14.5. The molecule has 122 valence electrons. The van der Waals surface area contributed by atoms with E-state index in [2.05, 4.69) is 20.7 Å². The summed E-state index contributed by atoms with van der Waals surface area (Å²) >= 11 is 1.62. The zero-order valence-corrected chi connectivity index (χ0v) is 14.2. The van der Waals surface area contributed by atoms with Crippen LogP contribution in [-0.4, -0.2) is 32.4 Å². The maximum atomic E-state index is 12.1. The fraction of sp³-hybridized carbons (Fsp3) is 0.176. The molecule has 24 heavy (non-hydrogen) atoms. The third kappa shape index (κ3) is 3.99. The van der Waals surface area contributed by atoms with Crippen molar-refractivity contribution in [1.29, 1.82) is 0 Å². The molecule has 1 aromatic heterocycles. The van der Waals surface area contributed by atoms with E-state index in [-0.39, 0.29) is 12.5 Å². The highest BCUT2D eigenvalue weighted by Gasteiger charge is 2.09. The first kappa shape index (κ1) is 16.2. The van der Waals surface area contributed by atoms with Gasteiger partial charge in [-0.15, -0.1) is 22.0 Å². The summed E-state index contributed by atoms with van der Waals surface area (Å²) in [5.74, 6) is 0.313. The van der Waals surface area contributed by atoms with Crippen LogP contribution in [0.2, 0.25) is 0 Å². The minimum Gasteiger partial charge on any atom is -0.324 e. The number of benzene rings is 2. The molecule has 3 aromatic rings. The highest BCUT2D eigenvalue weighted by Crippen LogP contribution is 2.19. The van der Waals surface area contributed by atoms with Crippen molar-refractivity contribution < 1.29 is 4.79 Å². The van der Waals surface area contributed by atoms with Crippen LogP contribution in [0.25, 0.3) is 11.4 Å². The van der Waals surface area contributed by atoms with Crippen LogP contribution in [0.15, 0.2) is 53.4 Å². The number of anilines is 1. The molecule has 1 heterocycles. The van der Waals surface area contributed by atoms with Crippen LogP contribution in [0.4, 0.5) is 5.69 Å². The van der Waals surface area contributed by atoms with Crippen LogP contribution in [0, 0.1) is 6.92 Å². The molecular formula is C17H17N5OS. The molecule has 1 N–H and O–H groups in total. The zero-order chi connectivity index (χ0) is 16.9. The number of carbonyl (C=O) groups is 1. The van der Waals surface area contributed by atoms with Gasteiger partial charge in [0.2, 0.25) is 11.7 Å². The van der Waals surface area contributed by atoms with E-state index in [1.807, 2.05) is 61.7 Å². The Labute approximate surface area is 144 Å². The van der Waals surface area contributed by atoms with Gasteiger partial charge < -0.3 is 5.32 Å². The predicted molar refractivity (Wildman–Crippen MR) is 94.8 cm³/mol. The number of thioether (sulfide) groups is 1. The average molecular weight is 339 g/mol. The number of nitrogens with zero attached hydrogens (tertiary/aromatic N) is 4. The molecule has 6 nitrogen and oxygen atoms in total. The Morgan fingerprint density at radius 1 is 1.21 bits per heavy atom. The van der Waals surface area contributed by atoms with Crippen LogP contribution in [0.5, 0.6) is 0 Å². The molecule has 7 heteroatoms. The van der Waals surface area contributed by atoms with Crippen molar-refractivity contribution in [3.05, 3.63) is 54.1 Å². The minimum atomic E-state index is -0.193. The number of rotatable bonds is 5. The topological polar surface area (TPSA) is 72.7 Å². The molecule has 0 spiro atoms.